The van der Waals surface area contributed by atoms with Gasteiger partial charge < -0.3 is 14.5 Å². The minimum atomic E-state index is -1.96. The van der Waals surface area contributed by atoms with E-state index in [0.29, 0.717) is 0 Å². The minimum Gasteiger partial charge on any atom is -0.458 e. The zero-order chi connectivity index (χ0) is 28.5. The van der Waals surface area contributed by atoms with Gasteiger partial charge in [-0.2, -0.15) is 0 Å². The Bertz CT molecular complexity index is 2020. The molecule has 0 bridgehead atoms. The van der Waals surface area contributed by atoms with E-state index in [1.54, 1.807) is 0 Å². The SMILES string of the molecule is CCc1ccccc1N1c2cc(C)cc3c2B2c4c(ccc(SC)c41)Oc1ccc4c(c12)N3c1ccccc1[Si]4(C)C. The topological polar surface area (TPSA) is 15.7 Å². The number of rotatable bonds is 3. The Balaban J connectivity index is 1.48. The lowest BCUT2D eigenvalue weighted by Gasteiger charge is -2.51. The van der Waals surface area contributed by atoms with Crippen LogP contribution in [0.1, 0.15) is 18.1 Å². The van der Waals surface area contributed by atoms with Crippen molar-refractivity contribution < 1.29 is 4.74 Å². The van der Waals surface area contributed by atoms with Crippen molar-refractivity contribution in [3.63, 3.8) is 0 Å². The lowest BCUT2D eigenvalue weighted by atomic mass is 9.32. The number of hydrogen-bond acceptors (Lipinski definition) is 4. The molecular formula is C36H31BN2OSSi. The van der Waals surface area contributed by atoms with Crippen LogP contribution in [0.5, 0.6) is 11.5 Å². The Morgan fingerprint density at radius 3 is 2.10 bits per heavy atom. The van der Waals surface area contributed by atoms with Crippen LogP contribution in [0.3, 0.4) is 0 Å². The summed E-state index contributed by atoms with van der Waals surface area (Å²) in [6, 6.07) is 32.0. The second-order valence-corrected chi connectivity index (χ2v) is 17.6. The van der Waals surface area contributed by atoms with E-state index in [2.05, 4.69) is 128 Å². The van der Waals surface area contributed by atoms with E-state index < -0.39 is 8.07 Å². The fourth-order valence-corrected chi connectivity index (χ4v) is 11.7. The molecule has 0 saturated carbocycles. The fourth-order valence-electron chi connectivity index (χ4n) is 8.12. The second kappa shape index (κ2) is 8.36. The van der Waals surface area contributed by atoms with Crippen molar-refractivity contribution in [2.75, 3.05) is 16.1 Å². The van der Waals surface area contributed by atoms with E-state index in [1.807, 2.05) is 11.8 Å². The highest BCUT2D eigenvalue weighted by molar-refractivity contribution is 7.98. The molecule has 6 heteroatoms. The Kier molecular flexibility index (Phi) is 4.92. The van der Waals surface area contributed by atoms with Gasteiger partial charge in [0.2, 0.25) is 0 Å². The fraction of sp³-hybridized carbons (Fsp3) is 0.167. The van der Waals surface area contributed by atoms with Gasteiger partial charge in [0.15, 0.2) is 0 Å². The Morgan fingerprint density at radius 1 is 0.714 bits per heavy atom. The molecule has 9 rings (SSSR count). The summed E-state index contributed by atoms with van der Waals surface area (Å²) in [7, 11) is -1.96. The van der Waals surface area contributed by atoms with Gasteiger partial charge in [0, 0.05) is 33.3 Å². The summed E-state index contributed by atoms with van der Waals surface area (Å²) in [5.74, 6) is 1.99. The summed E-state index contributed by atoms with van der Waals surface area (Å²) >= 11 is 1.83. The highest BCUT2D eigenvalue weighted by Gasteiger charge is 2.52. The number of benzene rings is 5. The number of ether oxygens (including phenoxy) is 1. The molecule has 0 saturated heterocycles. The van der Waals surface area contributed by atoms with E-state index in [0.717, 1.165) is 17.9 Å². The Morgan fingerprint density at radius 2 is 1.36 bits per heavy atom. The maximum absolute atomic E-state index is 6.89. The van der Waals surface area contributed by atoms with Crippen LogP contribution in [0.25, 0.3) is 0 Å². The molecule has 0 amide bonds. The van der Waals surface area contributed by atoms with Gasteiger partial charge in [0.05, 0.1) is 5.69 Å². The number of hydrogen-bond donors (Lipinski definition) is 0. The van der Waals surface area contributed by atoms with Gasteiger partial charge in [-0.1, -0.05) is 62.5 Å². The normalized spacial score (nSPS) is 15.7. The predicted molar refractivity (Wildman–Crippen MR) is 183 cm³/mol. The van der Waals surface area contributed by atoms with Gasteiger partial charge in [0.25, 0.3) is 6.71 Å². The Labute approximate surface area is 253 Å². The quantitative estimate of drug-likeness (QED) is 0.173. The molecular weight excluding hydrogens is 547 g/mol. The average molecular weight is 579 g/mol. The molecule has 4 heterocycles. The second-order valence-electron chi connectivity index (χ2n) is 12.4. The first kappa shape index (κ1) is 24.7. The highest BCUT2D eigenvalue weighted by atomic mass is 32.2. The maximum Gasteiger partial charge on any atom is 0.261 e. The van der Waals surface area contributed by atoms with Crippen LogP contribution in [0.4, 0.5) is 34.1 Å². The van der Waals surface area contributed by atoms with Crippen molar-refractivity contribution in [3.8, 4) is 11.5 Å². The first-order valence-corrected chi connectivity index (χ1v) is 19.1. The summed E-state index contributed by atoms with van der Waals surface area (Å²) in [5, 5.41) is 3.00. The summed E-state index contributed by atoms with van der Waals surface area (Å²) in [6.45, 7) is 9.67. The number of fused-ring (bicyclic) bond motifs is 3. The molecule has 0 radical (unpaired) electrons. The van der Waals surface area contributed by atoms with Gasteiger partial charge >= 0.3 is 0 Å². The molecule has 5 aromatic rings. The third-order valence-electron chi connectivity index (χ3n) is 9.94. The van der Waals surface area contributed by atoms with Gasteiger partial charge in [-0.3, -0.25) is 0 Å². The highest BCUT2D eigenvalue weighted by Crippen LogP contribution is 2.51. The molecule has 4 aliphatic heterocycles. The molecule has 204 valence electrons. The molecule has 0 fully saturated rings. The number of anilines is 6. The molecule has 4 aliphatic rings. The standard InChI is InChI=1S/C36H31BN2OSSi/c1-6-22-11-7-8-12-23(22)38-25-19-21(2)20-26-32(25)37-33-27(15-17-29(41-3)35(33)38)40-28-16-18-31-36(34(28)37)39(26)24-13-9-10-14-30(24)42(31,4)5/h7-20H,6H2,1-5H3. The molecule has 0 unspecified atom stereocenters. The van der Waals surface area contributed by atoms with Crippen molar-refractivity contribution in [2.24, 2.45) is 0 Å². The number of nitrogens with zero attached hydrogens (tertiary/aromatic N) is 2. The van der Waals surface area contributed by atoms with Gasteiger partial charge in [-0.05, 0) is 100.0 Å². The molecule has 3 nitrogen and oxygen atoms in total. The van der Waals surface area contributed by atoms with E-state index >= 15 is 0 Å². The summed E-state index contributed by atoms with van der Waals surface area (Å²) in [6.07, 6.45) is 3.17. The van der Waals surface area contributed by atoms with Crippen LogP contribution >= 0.6 is 11.8 Å². The van der Waals surface area contributed by atoms with Crippen molar-refractivity contribution in [2.45, 2.75) is 38.3 Å². The molecule has 42 heavy (non-hydrogen) atoms. The zero-order valence-electron chi connectivity index (χ0n) is 24.6. The van der Waals surface area contributed by atoms with Crippen LogP contribution in [-0.2, 0) is 6.42 Å². The van der Waals surface area contributed by atoms with Crippen LogP contribution in [0.15, 0.2) is 89.8 Å². The monoisotopic (exact) mass is 578 g/mol. The first-order chi connectivity index (χ1) is 20.4. The van der Waals surface area contributed by atoms with Crippen molar-refractivity contribution in [3.05, 3.63) is 96.1 Å². The third-order valence-corrected chi connectivity index (χ3v) is 14.2. The predicted octanol–water partition coefficient (Wildman–Crippen LogP) is 6.60. The molecule has 5 aromatic carbocycles. The van der Waals surface area contributed by atoms with E-state index in [4.69, 9.17) is 4.74 Å². The third kappa shape index (κ3) is 2.89. The lowest BCUT2D eigenvalue weighted by Crippen LogP contribution is -2.68. The number of para-hydroxylation sites is 2. The van der Waals surface area contributed by atoms with Crippen LogP contribution in [0, 0.1) is 6.92 Å². The molecule has 0 atom stereocenters. The minimum absolute atomic E-state index is 0.128. The maximum atomic E-state index is 6.89. The van der Waals surface area contributed by atoms with Gasteiger partial charge in [-0.25, -0.2) is 0 Å². The molecule has 0 aromatic heterocycles. The Hall–Kier alpha value is -3.87. The van der Waals surface area contributed by atoms with Crippen LogP contribution < -0.4 is 41.3 Å². The summed E-state index contributed by atoms with van der Waals surface area (Å²) < 4.78 is 6.89. The van der Waals surface area contributed by atoms with E-state index in [9.17, 15) is 0 Å². The van der Waals surface area contributed by atoms with E-state index in [1.165, 1.54) is 76.9 Å². The van der Waals surface area contributed by atoms with Gasteiger partial charge in [0.1, 0.15) is 19.6 Å². The van der Waals surface area contributed by atoms with Crippen molar-refractivity contribution in [1.82, 2.24) is 0 Å². The number of thioether (sulfide) groups is 1. The van der Waals surface area contributed by atoms with Crippen LogP contribution in [0.2, 0.25) is 13.1 Å². The molecule has 0 spiro atoms. The summed E-state index contributed by atoms with van der Waals surface area (Å²) in [4.78, 5) is 6.43. The largest absolute Gasteiger partial charge is 0.458 e. The smallest absolute Gasteiger partial charge is 0.261 e. The van der Waals surface area contributed by atoms with E-state index in [-0.39, 0.29) is 6.71 Å². The molecule has 0 aliphatic carbocycles. The summed E-state index contributed by atoms with van der Waals surface area (Å²) in [5.41, 5.74) is 14.5. The average Bonchev–Trinajstić information content (AvgIpc) is 3.00. The van der Waals surface area contributed by atoms with Crippen molar-refractivity contribution >= 4 is 87.4 Å². The van der Waals surface area contributed by atoms with Gasteiger partial charge in [-0.15, -0.1) is 11.8 Å². The lowest BCUT2D eigenvalue weighted by molar-refractivity contribution is 0.487. The van der Waals surface area contributed by atoms with Crippen LogP contribution in [-0.4, -0.2) is 21.0 Å². The zero-order valence-corrected chi connectivity index (χ0v) is 26.4. The molecule has 0 N–H and O–H groups in total. The number of aryl methyl sites for hydroxylation is 2. The van der Waals surface area contributed by atoms with Crippen molar-refractivity contribution in [1.29, 1.82) is 0 Å². The first-order valence-electron chi connectivity index (χ1n) is 14.9.